The number of anilines is 1. The van der Waals surface area contributed by atoms with E-state index >= 15 is 4.39 Å². The minimum absolute atomic E-state index is 0.0563. The molecule has 3 saturated carbocycles. The summed E-state index contributed by atoms with van der Waals surface area (Å²) in [5.74, 6) is -1.85. The smallest absolute Gasteiger partial charge is 0.308 e. The second-order valence-corrected chi connectivity index (χ2v) is 12.3. The molecule has 0 aromatic heterocycles. The third-order valence-electron chi connectivity index (χ3n) is 8.96. The summed E-state index contributed by atoms with van der Waals surface area (Å²) in [6, 6.07) is 9.18. The molecule has 2 bridgehead atoms. The van der Waals surface area contributed by atoms with E-state index in [2.05, 4.69) is 32.6 Å². The Balaban J connectivity index is 1.29. The summed E-state index contributed by atoms with van der Waals surface area (Å²) in [5, 5.41) is 15.2. The minimum atomic E-state index is -0.647. The first-order valence-corrected chi connectivity index (χ1v) is 15.5. The number of benzene rings is 2. The second kappa shape index (κ2) is 13.3. The highest BCUT2D eigenvalue weighted by Crippen LogP contribution is 2.49. The number of rotatable bonds is 9. The third kappa shape index (κ3) is 6.64. The number of carbonyl (C=O) groups is 3. The Morgan fingerprint density at radius 3 is 2.47 bits per heavy atom. The summed E-state index contributed by atoms with van der Waals surface area (Å²) in [6.45, 7) is 2.11. The van der Waals surface area contributed by atoms with Crippen LogP contribution >= 0.6 is 15.9 Å². The molecule has 0 aliphatic heterocycles. The van der Waals surface area contributed by atoms with Gasteiger partial charge in [-0.2, -0.15) is 5.26 Å². The average molecular weight is 657 g/mol. The number of carbonyl (C=O) groups excluding carboxylic acids is 3. The SMILES string of the molecule is CCOC(=O)C1CCC(Oc2cc(C(=O)NC3C4CCC(C4)C3C(=O)Nc3ccc(C#N)c(Br)c3)c(OC)cc2F)CC1. The number of nitrogens with one attached hydrogen (secondary N) is 2. The van der Waals surface area contributed by atoms with Crippen LogP contribution < -0.4 is 20.1 Å². The van der Waals surface area contributed by atoms with Crippen molar-refractivity contribution in [2.45, 2.75) is 64.0 Å². The standard InChI is InChI=1S/C32H35BrFN3O6/c1-3-42-32(40)17-7-10-22(11-8-17)43-27-14-23(26(41-2)15-25(27)34)30(38)37-29-19-5-4-18(12-19)28(29)31(39)36-21-9-6-20(16-35)24(33)13-21/h6,9,13-15,17-19,22,28-29H,3-5,7-8,10-12H2,1-2H3,(H,36,39)(H,37,38). The molecule has 2 N–H and O–H groups in total. The van der Waals surface area contributed by atoms with E-state index in [1.807, 2.05) is 0 Å². The summed E-state index contributed by atoms with van der Waals surface area (Å²) in [4.78, 5) is 39.2. The lowest BCUT2D eigenvalue weighted by molar-refractivity contribution is -0.149. The van der Waals surface area contributed by atoms with Crippen LogP contribution in [0, 0.1) is 40.8 Å². The van der Waals surface area contributed by atoms with E-state index in [1.54, 1.807) is 25.1 Å². The number of halogens is 2. The van der Waals surface area contributed by atoms with Crippen molar-refractivity contribution in [2.75, 3.05) is 19.0 Å². The fourth-order valence-corrected chi connectivity index (χ4v) is 7.31. The molecule has 2 amide bonds. The lowest BCUT2D eigenvalue weighted by Gasteiger charge is -2.31. The first-order valence-electron chi connectivity index (χ1n) is 14.7. The van der Waals surface area contributed by atoms with Crippen molar-refractivity contribution in [1.82, 2.24) is 5.32 Å². The van der Waals surface area contributed by atoms with Gasteiger partial charge in [-0.15, -0.1) is 0 Å². The zero-order valence-corrected chi connectivity index (χ0v) is 25.7. The number of methoxy groups -OCH3 is 1. The predicted molar refractivity (Wildman–Crippen MR) is 159 cm³/mol. The highest BCUT2D eigenvalue weighted by molar-refractivity contribution is 9.10. The Kier molecular flexibility index (Phi) is 9.55. The van der Waals surface area contributed by atoms with Crippen LogP contribution in [0.4, 0.5) is 10.1 Å². The molecule has 228 valence electrons. The van der Waals surface area contributed by atoms with Crippen LogP contribution in [0.5, 0.6) is 11.5 Å². The van der Waals surface area contributed by atoms with Crippen molar-refractivity contribution in [2.24, 2.45) is 23.7 Å². The minimum Gasteiger partial charge on any atom is -0.496 e. The lowest BCUT2D eigenvalue weighted by atomic mass is 9.83. The largest absolute Gasteiger partial charge is 0.496 e. The van der Waals surface area contributed by atoms with Crippen LogP contribution in [0.1, 0.15) is 67.8 Å². The van der Waals surface area contributed by atoms with Crippen molar-refractivity contribution < 1.29 is 33.0 Å². The van der Waals surface area contributed by atoms with Crippen LogP contribution in [0.3, 0.4) is 0 Å². The lowest BCUT2D eigenvalue weighted by Crippen LogP contribution is -2.48. The number of ether oxygens (including phenoxy) is 3. The highest BCUT2D eigenvalue weighted by Gasteiger charge is 2.51. The van der Waals surface area contributed by atoms with Crippen LogP contribution in [-0.4, -0.2) is 43.6 Å². The molecule has 0 radical (unpaired) electrons. The van der Waals surface area contributed by atoms with Gasteiger partial charge in [-0.25, -0.2) is 4.39 Å². The van der Waals surface area contributed by atoms with Crippen molar-refractivity contribution >= 4 is 39.4 Å². The van der Waals surface area contributed by atoms with E-state index in [0.29, 0.717) is 48.0 Å². The van der Waals surface area contributed by atoms with Crippen LogP contribution in [0.25, 0.3) is 0 Å². The van der Waals surface area contributed by atoms with Gasteiger partial charge in [0.2, 0.25) is 5.91 Å². The number of esters is 1. The number of nitriles is 1. The van der Waals surface area contributed by atoms with Gasteiger partial charge < -0.3 is 24.8 Å². The molecule has 3 aliphatic carbocycles. The normalized spacial score (nSPS) is 25.8. The fraction of sp³-hybridized carbons (Fsp3) is 0.500. The maximum atomic E-state index is 15.0. The Hall–Kier alpha value is -3.65. The Bertz CT molecular complexity index is 1440. The third-order valence-corrected chi connectivity index (χ3v) is 9.62. The molecule has 5 rings (SSSR count). The van der Waals surface area contributed by atoms with E-state index in [9.17, 15) is 19.6 Å². The molecule has 0 heterocycles. The zero-order chi connectivity index (χ0) is 30.7. The molecule has 3 fully saturated rings. The maximum Gasteiger partial charge on any atom is 0.308 e. The van der Waals surface area contributed by atoms with Crippen LogP contribution in [0.15, 0.2) is 34.8 Å². The molecular formula is C32H35BrFN3O6. The molecule has 0 saturated heterocycles. The number of nitrogens with zero attached hydrogens (tertiary/aromatic N) is 1. The van der Waals surface area contributed by atoms with Crippen molar-refractivity contribution in [3.8, 4) is 17.6 Å². The van der Waals surface area contributed by atoms with Gasteiger partial charge in [-0.05, 0) is 104 Å². The molecule has 2 aromatic carbocycles. The zero-order valence-electron chi connectivity index (χ0n) is 24.2. The molecule has 0 spiro atoms. The van der Waals surface area contributed by atoms with Crippen LogP contribution in [0.2, 0.25) is 0 Å². The van der Waals surface area contributed by atoms with E-state index in [4.69, 9.17) is 14.2 Å². The van der Waals surface area contributed by atoms with Crippen molar-refractivity contribution in [3.63, 3.8) is 0 Å². The summed E-state index contributed by atoms with van der Waals surface area (Å²) < 4.78 is 32.1. The van der Waals surface area contributed by atoms with Gasteiger partial charge in [0, 0.05) is 22.3 Å². The summed E-state index contributed by atoms with van der Waals surface area (Å²) >= 11 is 3.36. The van der Waals surface area contributed by atoms with E-state index in [1.165, 1.54) is 13.2 Å². The van der Waals surface area contributed by atoms with Gasteiger partial charge in [0.1, 0.15) is 11.8 Å². The van der Waals surface area contributed by atoms with Gasteiger partial charge in [0.25, 0.3) is 5.91 Å². The topological polar surface area (TPSA) is 127 Å². The number of fused-ring (bicyclic) bond motifs is 2. The molecule has 3 aliphatic rings. The summed E-state index contributed by atoms with van der Waals surface area (Å²) in [7, 11) is 1.37. The molecule has 2 aromatic rings. The van der Waals surface area contributed by atoms with Crippen LogP contribution in [-0.2, 0) is 14.3 Å². The Morgan fingerprint density at radius 1 is 1.05 bits per heavy atom. The maximum absolute atomic E-state index is 15.0. The molecule has 9 nitrogen and oxygen atoms in total. The Labute approximate surface area is 258 Å². The number of hydrogen-bond donors (Lipinski definition) is 2. The van der Waals surface area contributed by atoms with E-state index < -0.39 is 23.7 Å². The summed E-state index contributed by atoms with van der Waals surface area (Å²) in [5.41, 5.74) is 1.14. The van der Waals surface area contributed by atoms with Gasteiger partial charge in [0.15, 0.2) is 11.6 Å². The average Bonchev–Trinajstić information content (AvgIpc) is 3.60. The monoisotopic (exact) mass is 655 g/mol. The number of amides is 2. The first-order chi connectivity index (χ1) is 20.7. The van der Waals surface area contributed by atoms with Crippen molar-refractivity contribution in [1.29, 1.82) is 5.26 Å². The fourth-order valence-electron chi connectivity index (χ4n) is 6.84. The molecular weight excluding hydrogens is 621 g/mol. The quantitative estimate of drug-likeness (QED) is 0.329. The van der Waals surface area contributed by atoms with Gasteiger partial charge in [-0.3, -0.25) is 14.4 Å². The second-order valence-electron chi connectivity index (χ2n) is 11.5. The number of hydrogen-bond acceptors (Lipinski definition) is 7. The van der Waals surface area contributed by atoms with E-state index in [-0.39, 0.29) is 52.8 Å². The highest BCUT2D eigenvalue weighted by atomic mass is 79.9. The van der Waals surface area contributed by atoms with Gasteiger partial charge in [0.05, 0.1) is 42.8 Å². The predicted octanol–water partition coefficient (Wildman–Crippen LogP) is 5.75. The summed E-state index contributed by atoms with van der Waals surface area (Å²) in [6.07, 6.45) is 4.65. The Morgan fingerprint density at radius 2 is 1.79 bits per heavy atom. The molecule has 11 heteroatoms. The van der Waals surface area contributed by atoms with Crippen molar-refractivity contribution in [3.05, 3.63) is 51.7 Å². The van der Waals surface area contributed by atoms with Gasteiger partial charge in [-0.1, -0.05) is 0 Å². The molecule has 4 atom stereocenters. The first kappa shape index (κ1) is 30.8. The van der Waals surface area contributed by atoms with E-state index in [0.717, 1.165) is 25.3 Å². The van der Waals surface area contributed by atoms with Gasteiger partial charge >= 0.3 is 5.97 Å². The molecule has 4 unspecified atom stereocenters. The molecule has 43 heavy (non-hydrogen) atoms.